The van der Waals surface area contributed by atoms with E-state index in [1.165, 1.54) is 0 Å². The summed E-state index contributed by atoms with van der Waals surface area (Å²) < 4.78 is 5.65. The van der Waals surface area contributed by atoms with Gasteiger partial charge in [0.1, 0.15) is 5.75 Å². The van der Waals surface area contributed by atoms with Gasteiger partial charge >= 0.3 is 0 Å². The number of hydrogen-bond acceptors (Lipinski definition) is 5. The number of benzene rings is 1. The van der Waals surface area contributed by atoms with E-state index in [4.69, 9.17) is 10.5 Å². The van der Waals surface area contributed by atoms with Crippen molar-refractivity contribution in [2.45, 2.75) is 32.5 Å². The minimum absolute atomic E-state index is 0.0735. The molecule has 114 valence electrons. The topological polar surface area (TPSA) is 70.8 Å². The van der Waals surface area contributed by atoms with E-state index < -0.39 is 5.60 Å². The van der Waals surface area contributed by atoms with E-state index >= 15 is 0 Å². The molecule has 0 spiro atoms. The summed E-state index contributed by atoms with van der Waals surface area (Å²) >= 11 is 0. The molecule has 0 aliphatic carbocycles. The summed E-state index contributed by atoms with van der Waals surface area (Å²) in [5.74, 6) is 0.664. The van der Waals surface area contributed by atoms with Gasteiger partial charge in [0.15, 0.2) is 0 Å². The lowest BCUT2D eigenvalue weighted by Gasteiger charge is -2.28. The van der Waals surface area contributed by atoms with Gasteiger partial charge in [-0.05, 0) is 47.0 Å². The summed E-state index contributed by atoms with van der Waals surface area (Å²) in [5, 5.41) is 13.5. The molecule has 1 aromatic carbocycles. The van der Waals surface area contributed by atoms with Crippen LogP contribution in [0.5, 0.6) is 5.75 Å². The zero-order valence-electron chi connectivity index (χ0n) is 13.1. The Kier molecular flexibility index (Phi) is 5.65. The van der Waals surface area contributed by atoms with E-state index in [-0.39, 0.29) is 6.10 Å². The van der Waals surface area contributed by atoms with Gasteiger partial charge in [-0.3, -0.25) is 0 Å². The fourth-order valence-corrected chi connectivity index (χ4v) is 2.08. The first-order valence-electron chi connectivity index (χ1n) is 6.87. The zero-order valence-corrected chi connectivity index (χ0v) is 13.1. The molecule has 4 N–H and O–H groups in total. The largest absolute Gasteiger partial charge is 0.489 e. The van der Waals surface area contributed by atoms with Crippen LogP contribution in [0.2, 0.25) is 0 Å². The molecule has 1 rings (SSSR count). The molecule has 20 heavy (non-hydrogen) atoms. The fraction of sp³-hybridized carbons (Fsp3) is 0.600. The van der Waals surface area contributed by atoms with E-state index in [0.717, 1.165) is 5.69 Å². The maximum atomic E-state index is 10.3. The molecule has 5 heteroatoms. The van der Waals surface area contributed by atoms with Crippen molar-refractivity contribution in [1.29, 1.82) is 0 Å². The van der Waals surface area contributed by atoms with Crippen molar-refractivity contribution in [3.8, 4) is 5.75 Å². The van der Waals surface area contributed by atoms with E-state index in [9.17, 15) is 5.11 Å². The summed E-state index contributed by atoms with van der Waals surface area (Å²) in [6.45, 7) is 6.70. The molecule has 1 unspecified atom stereocenters. The molecule has 0 aromatic heterocycles. The lowest BCUT2D eigenvalue weighted by Crippen LogP contribution is -2.43. The number of ether oxygens (including phenoxy) is 1. The minimum atomic E-state index is -0.829. The van der Waals surface area contributed by atoms with Gasteiger partial charge in [-0.1, -0.05) is 6.07 Å². The van der Waals surface area contributed by atoms with Gasteiger partial charge in [0.2, 0.25) is 0 Å². The number of nitrogens with zero attached hydrogens (tertiary/aromatic N) is 1. The highest BCUT2D eigenvalue weighted by Crippen LogP contribution is 2.30. The Labute approximate surface area is 121 Å². The molecule has 0 radical (unpaired) electrons. The van der Waals surface area contributed by atoms with Crippen LogP contribution in [0.15, 0.2) is 18.2 Å². The lowest BCUT2D eigenvalue weighted by atomic mass is 10.1. The Morgan fingerprint density at radius 1 is 1.40 bits per heavy atom. The van der Waals surface area contributed by atoms with Crippen LogP contribution < -0.4 is 15.8 Å². The Hall–Kier alpha value is -1.46. The second-order valence-corrected chi connectivity index (χ2v) is 5.97. The molecular weight excluding hydrogens is 254 g/mol. The molecule has 0 saturated heterocycles. The van der Waals surface area contributed by atoms with Crippen LogP contribution >= 0.6 is 0 Å². The van der Waals surface area contributed by atoms with Crippen molar-refractivity contribution >= 4 is 11.4 Å². The van der Waals surface area contributed by atoms with Gasteiger partial charge in [-0.2, -0.15) is 0 Å². The van der Waals surface area contributed by atoms with Crippen molar-refractivity contribution < 1.29 is 9.84 Å². The molecule has 0 aliphatic heterocycles. The van der Waals surface area contributed by atoms with Gasteiger partial charge in [-0.25, -0.2) is 0 Å². The molecule has 5 nitrogen and oxygen atoms in total. The number of likely N-dealkylation sites (N-methyl/N-ethyl adjacent to an activating group) is 1. The standard InChI is InChI=1S/C15H27N3O2/c1-11(2)20-13-8-6-7-12(14(13)16)17-9-15(3,19)10-18(4)5/h6-8,11,17,19H,9-10,16H2,1-5H3. The van der Waals surface area contributed by atoms with Crippen molar-refractivity contribution in [1.82, 2.24) is 4.90 Å². The van der Waals surface area contributed by atoms with Crippen LogP contribution in [0, 0.1) is 0 Å². The van der Waals surface area contributed by atoms with Crippen LogP contribution in [0.4, 0.5) is 11.4 Å². The van der Waals surface area contributed by atoms with Crippen molar-refractivity contribution in [3.05, 3.63) is 18.2 Å². The normalized spacial score (nSPS) is 14.4. The second-order valence-electron chi connectivity index (χ2n) is 5.97. The average Bonchev–Trinajstić information content (AvgIpc) is 2.28. The first-order valence-corrected chi connectivity index (χ1v) is 6.87. The predicted octanol–water partition coefficient (Wildman–Crippen LogP) is 1.78. The van der Waals surface area contributed by atoms with Gasteiger partial charge in [0.05, 0.1) is 23.1 Å². The van der Waals surface area contributed by atoms with Gasteiger partial charge < -0.3 is 25.8 Å². The minimum Gasteiger partial charge on any atom is -0.489 e. The Bertz CT molecular complexity index is 431. The Morgan fingerprint density at radius 3 is 2.60 bits per heavy atom. The number of para-hydroxylation sites is 1. The van der Waals surface area contributed by atoms with Crippen molar-refractivity contribution in [3.63, 3.8) is 0 Å². The third-order valence-corrected chi connectivity index (χ3v) is 2.75. The van der Waals surface area contributed by atoms with Crippen molar-refractivity contribution in [2.75, 3.05) is 38.2 Å². The number of anilines is 2. The molecule has 1 aromatic rings. The van der Waals surface area contributed by atoms with E-state index in [0.29, 0.717) is 24.5 Å². The summed E-state index contributed by atoms with van der Waals surface area (Å²) in [6, 6.07) is 5.61. The highest BCUT2D eigenvalue weighted by molar-refractivity contribution is 5.73. The number of hydrogen-bond donors (Lipinski definition) is 3. The summed E-state index contributed by atoms with van der Waals surface area (Å²) in [7, 11) is 3.86. The highest BCUT2D eigenvalue weighted by Gasteiger charge is 2.21. The molecule has 0 heterocycles. The third-order valence-electron chi connectivity index (χ3n) is 2.75. The van der Waals surface area contributed by atoms with Gasteiger partial charge in [0.25, 0.3) is 0 Å². The predicted molar refractivity (Wildman–Crippen MR) is 84.3 cm³/mol. The summed E-state index contributed by atoms with van der Waals surface area (Å²) in [6.07, 6.45) is 0.0735. The van der Waals surface area contributed by atoms with E-state index in [1.54, 1.807) is 6.92 Å². The summed E-state index contributed by atoms with van der Waals surface area (Å²) in [5.41, 5.74) is 6.61. The Balaban J connectivity index is 2.73. The molecular formula is C15H27N3O2. The SMILES string of the molecule is CC(C)Oc1cccc(NCC(C)(O)CN(C)C)c1N. The fourth-order valence-electron chi connectivity index (χ4n) is 2.08. The smallest absolute Gasteiger partial charge is 0.144 e. The molecule has 0 bridgehead atoms. The zero-order chi connectivity index (χ0) is 15.3. The van der Waals surface area contributed by atoms with Crippen LogP contribution in [0.1, 0.15) is 20.8 Å². The third kappa shape index (κ3) is 5.27. The number of rotatable bonds is 7. The van der Waals surface area contributed by atoms with Crippen LogP contribution in [-0.4, -0.2) is 48.9 Å². The van der Waals surface area contributed by atoms with E-state index in [2.05, 4.69) is 5.32 Å². The first kappa shape index (κ1) is 16.6. The van der Waals surface area contributed by atoms with Gasteiger partial charge in [-0.15, -0.1) is 0 Å². The molecule has 0 fully saturated rings. The second kappa shape index (κ2) is 6.81. The first-order chi connectivity index (χ1) is 9.21. The molecule has 1 atom stereocenters. The molecule has 0 amide bonds. The number of aliphatic hydroxyl groups is 1. The number of nitrogens with one attached hydrogen (secondary N) is 1. The number of nitrogen functional groups attached to an aromatic ring is 1. The summed E-state index contributed by atoms with van der Waals surface area (Å²) in [4.78, 5) is 1.95. The number of nitrogens with two attached hydrogens (primary N) is 1. The van der Waals surface area contributed by atoms with E-state index in [1.807, 2.05) is 51.0 Å². The molecule has 0 saturated carbocycles. The maximum Gasteiger partial charge on any atom is 0.144 e. The highest BCUT2D eigenvalue weighted by atomic mass is 16.5. The Morgan fingerprint density at radius 2 is 2.05 bits per heavy atom. The average molecular weight is 281 g/mol. The van der Waals surface area contributed by atoms with Crippen LogP contribution in [0.25, 0.3) is 0 Å². The lowest BCUT2D eigenvalue weighted by molar-refractivity contribution is 0.0460. The monoisotopic (exact) mass is 281 g/mol. The molecule has 0 aliphatic rings. The maximum absolute atomic E-state index is 10.3. The van der Waals surface area contributed by atoms with Crippen LogP contribution in [0.3, 0.4) is 0 Å². The van der Waals surface area contributed by atoms with Gasteiger partial charge in [0, 0.05) is 13.1 Å². The van der Waals surface area contributed by atoms with Crippen LogP contribution in [-0.2, 0) is 0 Å². The quantitative estimate of drug-likeness (QED) is 0.665. The van der Waals surface area contributed by atoms with Crippen molar-refractivity contribution in [2.24, 2.45) is 0 Å².